The predicted octanol–water partition coefficient (Wildman–Crippen LogP) is 2.30. The summed E-state index contributed by atoms with van der Waals surface area (Å²) in [5.74, 6) is 0.951. The molecule has 0 atom stereocenters. The zero-order valence-corrected chi connectivity index (χ0v) is 9.91. The van der Waals surface area contributed by atoms with Gasteiger partial charge in [0.2, 0.25) is 0 Å². The van der Waals surface area contributed by atoms with E-state index >= 15 is 0 Å². The molecule has 3 heteroatoms. The molecule has 0 saturated carbocycles. The molecule has 0 spiro atoms. The standard InChI is InChI=1S/C12H19NO2/c1-5-10-8-11(13(2)9-14-3)6-7-12(10)15-4/h6-8H,5,9H2,1-4H3. The molecule has 0 bridgehead atoms. The summed E-state index contributed by atoms with van der Waals surface area (Å²) in [5, 5.41) is 0. The lowest BCUT2D eigenvalue weighted by molar-refractivity contribution is 0.202. The minimum Gasteiger partial charge on any atom is -0.496 e. The quantitative estimate of drug-likeness (QED) is 0.694. The molecule has 15 heavy (non-hydrogen) atoms. The van der Waals surface area contributed by atoms with Gasteiger partial charge in [0.25, 0.3) is 0 Å². The van der Waals surface area contributed by atoms with Crippen LogP contribution in [0, 0.1) is 0 Å². The zero-order chi connectivity index (χ0) is 11.3. The fraction of sp³-hybridized carbons (Fsp3) is 0.500. The Labute approximate surface area is 91.6 Å². The van der Waals surface area contributed by atoms with Gasteiger partial charge in [-0.2, -0.15) is 0 Å². The Balaban J connectivity index is 2.92. The van der Waals surface area contributed by atoms with E-state index in [2.05, 4.69) is 17.9 Å². The van der Waals surface area contributed by atoms with E-state index in [9.17, 15) is 0 Å². The summed E-state index contributed by atoms with van der Waals surface area (Å²) in [6.45, 7) is 2.72. The van der Waals surface area contributed by atoms with Crippen molar-refractivity contribution in [3.05, 3.63) is 23.8 Å². The van der Waals surface area contributed by atoms with Crippen LogP contribution in [0.3, 0.4) is 0 Å². The van der Waals surface area contributed by atoms with Crippen molar-refractivity contribution < 1.29 is 9.47 Å². The molecular weight excluding hydrogens is 190 g/mol. The van der Waals surface area contributed by atoms with Gasteiger partial charge in [-0.3, -0.25) is 0 Å². The van der Waals surface area contributed by atoms with Gasteiger partial charge in [-0.15, -0.1) is 0 Å². The third-order valence-corrected chi connectivity index (χ3v) is 2.41. The maximum atomic E-state index is 5.28. The third-order valence-electron chi connectivity index (χ3n) is 2.41. The Bertz CT molecular complexity index is 312. The lowest BCUT2D eigenvalue weighted by Gasteiger charge is -2.19. The lowest BCUT2D eigenvalue weighted by atomic mass is 10.1. The van der Waals surface area contributed by atoms with Crippen LogP contribution in [-0.2, 0) is 11.2 Å². The van der Waals surface area contributed by atoms with Gasteiger partial charge >= 0.3 is 0 Å². The van der Waals surface area contributed by atoms with Crippen molar-refractivity contribution in [2.24, 2.45) is 0 Å². The number of hydrogen-bond donors (Lipinski definition) is 0. The highest BCUT2D eigenvalue weighted by Gasteiger charge is 2.05. The van der Waals surface area contributed by atoms with Crippen molar-refractivity contribution in [2.75, 3.05) is 32.9 Å². The first-order valence-corrected chi connectivity index (χ1v) is 5.10. The van der Waals surface area contributed by atoms with Crippen molar-refractivity contribution >= 4 is 5.69 Å². The number of ether oxygens (including phenoxy) is 2. The van der Waals surface area contributed by atoms with Gasteiger partial charge in [-0.05, 0) is 30.2 Å². The molecule has 0 aliphatic rings. The van der Waals surface area contributed by atoms with E-state index in [1.54, 1.807) is 14.2 Å². The molecule has 0 radical (unpaired) electrons. The highest BCUT2D eigenvalue weighted by Crippen LogP contribution is 2.24. The number of methoxy groups -OCH3 is 2. The zero-order valence-electron chi connectivity index (χ0n) is 9.91. The first-order chi connectivity index (χ1) is 7.22. The van der Waals surface area contributed by atoms with Crippen LogP contribution in [-0.4, -0.2) is 28.0 Å². The largest absolute Gasteiger partial charge is 0.496 e. The number of nitrogens with zero attached hydrogens (tertiary/aromatic N) is 1. The van der Waals surface area contributed by atoms with E-state index in [0.29, 0.717) is 6.73 Å². The Kier molecular flexibility index (Phi) is 4.43. The van der Waals surface area contributed by atoms with Crippen LogP contribution in [0.2, 0.25) is 0 Å². The summed E-state index contributed by atoms with van der Waals surface area (Å²) in [7, 11) is 5.40. The van der Waals surface area contributed by atoms with E-state index in [1.165, 1.54) is 5.56 Å². The third kappa shape index (κ3) is 2.86. The van der Waals surface area contributed by atoms with Crippen LogP contribution in [0.25, 0.3) is 0 Å². The lowest BCUT2D eigenvalue weighted by Crippen LogP contribution is -2.19. The molecule has 1 aromatic carbocycles. The minimum absolute atomic E-state index is 0.593. The number of benzene rings is 1. The summed E-state index contributed by atoms with van der Waals surface area (Å²) in [5.41, 5.74) is 2.37. The topological polar surface area (TPSA) is 21.7 Å². The Morgan fingerprint density at radius 1 is 1.27 bits per heavy atom. The van der Waals surface area contributed by atoms with Gasteiger partial charge < -0.3 is 14.4 Å². The molecule has 0 aliphatic carbocycles. The van der Waals surface area contributed by atoms with Crippen LogP contribution < -0.4 is 9.64 Å². The molecule has 84 valence electrons. The second-order valence-corrected chi connectivity index (χ2v) is 3.47. The van der Waals surface area contributed by atoms with E-state index < -0.39 is 0 Å². The highest BCUT2D eigenvalue weighted by molar-refractivity contribution is 5.52. The number of rotatable bonds is 5. The first-order valence-electron chi connectivity index (χ1n) is 5.10. The van der Waals surface area contributed by atoms with Gasteiger partial charge in [0.15, 0.2) is 0 Å². The maximum absolute atomic E-state index is 5.28. The molecule has 0 unspecified atom stereocenters. The fourth-order valence-electron chi connectivity index (χ4n) is 1.55. The van der Waals surface area contributed by atoms with Crippen molar-refractivity contribution in [1.82, 2.24) is 0 Å². The van der Waals surface area contributed by atoms with Crippen LogP contribution >= 0.6 is 0 Å². The monoisotopic (exact) mass is 209 g/mol. The molecule has 0 aromatic heterocycles. The molecule has 0 saturated heterocycles. The molecule has 1 rings (SSSR count). The Morgan fingerprint density at radius 2 is 2.00 bits per heavy atom. The van der Waals surface area contributed by atoms with Crippen molar-refractivity contribution in [1.29, 1.82) is 0 Å². The molecule has 0 amide bonds. The van der Waals surface area contributed by atoms with Gasteiger partial charge in [0.1, 0.15) is 12.5 Å². The first kappa shape index (κ1) is 11.9. The normalized spacial score (nSPS) is 10.1. The fourth-order valence-corrected chi connectivity index (χ4v) is 1.55. The van der Waals surface area contributed by atoms with Gasteiger partial charge in [-0.1, -0.05) is 6.92 Å². The Morgan fingerprint density at radius 3 is 2.53 bits per heavy atom. The predicted molar refractivity (Wildman–Crippen MR) is 62.7 cm³/mol. The number of hydrogen-bond acceptors (Lipinski definition) is 3. The molecule has 0 N–H and O–H groups in total. The van der Waals surface area contributed by atoms with E-state index in [-0.39, 0.29) is 0 Å². The molecule has 0 heterocycles. The maximum Gasteiger partial charge on any atom is 0.122 e. The van der Waals surface area contributed by atoms with Gasteiger partial charge in [0.05, 0.1) is 7.11 Å². The van der Waals surface area contributed by atoms with E-state index in [4.69, 9.17) is 9.47 Å². The smallest absolute Gasteiger partial charge is 0.122 e. The van der Waals surface area contributed by atoms with E-state index in [0.717, 1.165) is 17.9 Å². The van der Waals surface area contributed by atoms with Crippen molar-refractivity contribution in [3.63, 3.8) is 0 Å². The number of anilines is 1. The SMILES string of the molecule is CCc1cc(N(C)COC)ccc1OC. The summed E-state index contributed by atoms with van der Waals surface area (Å²) >= 11 is 0. The average Bonchev–Trinajstić information content (AvgIpc) is 2.28. The second kappa shape index (κ2) is 5.61. The summed E-state index contributed by atoms with van der Waals surface area (Å²) in [6, 6.07) is 6.18. The van der Waals surface area contributed by atoms with Crippen LogP contribution in [0.4, 0.5) is 5.69 Å². The second-order valence-electron chi connectivity index (χ2n) is 3.47. The van der Waals surface area contributed by atoms with Gasteiger partial charge in [-0.25, -0.2) is 0 Å². The summed E-state index contributed by atoms with van der Waals surface area (Å²) in [4.78, 5) is 2.05. The van der Waals surface area contributed by atoms with E-state index in [1.807, 2.05) is 19.2 Å². The highest BCUT2D eigenvalue weighted by atomic mass is 16.5. The van der Waals surface area contributed by atoms with Crippen LogP contribution in [0.5, 0.6) is 5.75 Å². The molecular formula is C12H19NO2. The van der Waals surface area contributed by atoms with Gasteiger partial charge in [0, 0.05) is 19.8 Å². The van der Waals surface area contributed by atoms with Crippen LogP contribution in [0.15, 0.2) is 18.2 Å². The van der Waals surface area contributed by atoms with Crippen LogP contribution in [0.1, 0.15) is 12.5 Å². The molecule has 0 fully saturated rings. The van der Waals surface area contributed by atoms with Crippen molar-refractivity contribution in [2.45, 2.75) is 13.3 Å². The Hall–Kier alpha value is -1.22. The summed E-state index contributed by atoms with van der Waals surface area (Å²) in [6.07, 6.45) is 0.970. The average molecular weight is 209 g/mol. The molecule has 1 aromatic rings. The summed E-state index contributed by atoms with van der Waals surface area (Å²) < 4.78 is 10.4. The minimum atomic E-state index is 0.593. The molecule has 3 nitrogen and oxygen atoms in total. The molecule has 0 aliphatic heterocycles. The van der Waals surface area contributed by atoms with Crippen molar-refractivity contribution in [3.8, 4) is 5.75 Å². The number of aryl methyl sites for hydroxylation is 1.